The number of halogens is 1. The number of esters is 1. The molecule has 3 rings (SSSR count). The summed E-state index contributed by atoms with van der Waals surface area (Å²) in [5.74, 6) is -0.444. The van der Waals surface area contributed by atoms with Gasteiger partial charge in [-0.1, -0.05) is 30.7 Å². The Labute approximate surface area is 153 Å². The van der Waals surface area contributed by atoms with Crippen LogP contribution in [0.4, 0.5) is 0 Å². The number of rotatable bonds is 5. The zero-order valence-electron chi connectivity index (χ0n) is 13.9. The molecule has 25 heavy (non-hydrogen) atoms. The van der Waals surface area contributed by atoms with Gasteiger partial charge in [-0.15, -0.1) is 11.3 Å². The van der Waals surface area contributed by atoms with Gasteiger partial charge in [0.15, 0.2) is 0 Å². The number of aromatic nitrogens is 2. The fourth-order valence-electron chi connectivity index (χ4n) is 2.41. The van der Waals surface area contributed by atoms with Gasteiger partial charge >= 0.3 is 5.97 Å². The summed E-state index contributed by atoms with van der Waals surface area (Å²) in [7, 11) is 0. The number of hydrogen-bond acceptors (Lipinski definition) is 5. The number of carbonyl (C=O) groups excluding carboxylic acids is 1. The van der Waals surface area contributed by atoms with Crippen LogP contribution in [0.2, 0.25) is 5.02 Å². The molecule has 7 heteroatoms. The second-order valence-electron chi connectivity index (χ2n) is 5.72. The summed E-state index contributed by atoms with van der Waals surface area (Å²) in [6, 6.07) is 7.27. The van der Waals surface area contributed by atoms with Gasteiger partial charge in [-0.05, 0) is 31.0 Å². The molecule has 1 aromatic carbocycles. The minimum Gasteiger partial charge on any atom is -0.461 e. The van der Waals surface area contributed by atoms with E-state index in [0.717, 1.165) is 17.5 Å². The van der Waals surface area contributed by atoms with Crippen molar-refractivity contribution in [2.45, 2.75) is 32.9 Å². The Kier molecular flexibility index (Phi) is 5.20. The number of benzene rings is 1. The molecule has 1 atom stereocenters. The number of fused-ring (bicyclic) bond motifs is 1. The van der Waals surface area contributed by atoms with Crippen LogP contribution in [0.5, 0.6) is 0 Å². The van der Waals surface area contributed by atoms with E-state index in [-0.39, 0.29) is 18.2 Å². The first-order chi connectivity index (χ1) is 12.0. The average Bonchev–Trinajstić information content (AvgIpc) is 3.02. The smallest absolute Gasteiger partial charge is 0.326 e. The molecule has 0 aliphatic rings. The van der Waals surface area contributed by atoms with Gasteiger partial charge in [0.2, 0.25) is 0 Å². The SMILES string of the molecule is CCC(C)OC(=O)Cn1cnc2scc(-c3ccc(Cl)cc3)c2c1=O. The third-order valence-electron chi connectivity index (χ3n) is 3.92. The summed E-state index contributed by atoms with van der Waals surface area (Å²) in [6.07, 6.45) is 1.94. The molecule has 130 valence electrons. The molecule has 0 amide bonds. The molecule has 0 radical (unpaired) electrons. The first-order valence-corrected chi connectivity index (χ1v) is 9.17. The van der Waals surface area contributed by atoms with Crippen LogP contribution in [0.15, 0.2) is 40.8 Å². The Bertz CT molecular complexity index is 963. The van der Waals surface area contributed by atoms with Gasteiger partial charge in [0.1, 0.15) is 11.4 Å². The van der Waals surface area contributed by atoms with Gasteiger partial charge in [0.05, 0.1) is 17.8 Å². The highest BCUT2D eigenvalue weighted by molar-refractivity contribution is 7.17. The van der Waals surface area contributed by atoms with E-state index in [1.165, 1.54) is 22.2 Å². The maximum Gasteiger partial charge on any atom is 0.326 e. The van der Waals surface area contributed by atoms with E-state index in [2.05, 4.69) is 4.98 Å². The molecule has 1 unspecified atom stereocenters. The zero-order chi connectivity index (χ0) is 18.0. The van der Waals surface area contributed by atoms with E-state index in [1.807, 2.05) is 31.4 Å². The Morgan fingerprint density at radius 2 is 2.08 bits per heavy atom. The molecule has 0 spiro atoms. The van der Waals surface area contributed by atoms with Gasteiger partial charge in [-0.25, -0.2) is 4.98 Å². The summed E-state index contributed by atoms with van der Waals surface area (Å²) in [5, 5.41) is 3.03. The fourth-order valence-corrected chi connectivity index (χ4v) is 3.44. The maximum absolute atomic E-state index is 12.8. The second kappa shape index (κ2) is 7.37. The van der Waals surface area contributed by atoms with Gasteiger partial charge in [0.25, 0.3) is 5.56 Å². The van der Waals surface area contributed by atoms with E-state index in [9.17, 15) is 9.59 Å². The molecule has 0 bridgehead atoms. The van der Waals surface area contributed by atoms with Crippen molar-refractivity contribution in [2.75, 3.05) is 0 Å². The van der Waals surface area contributed by atoms with Crippen LogP contribution in [0.3, 0.4) is 0 Å². The third-order valence-corrected chi connectivity index (χ3v) is 5.06. The van der Waals surface area contributed by atoms with E-state index < -0.39 is 5.97 Å². The van der Waals surface area contributed by atoms with Crippen molar-refractivity contribution in [3.05, 3.63) is 51.3 Å². The van der Waals surface area contributed by atoms with E-state index in [1.54, 1.807) is 12.1 Å². The molecule has 0 aliphatic carbocycles. The number of hydrogen-bond donors (Lipinski definition) is 0. The van der Waals surface area contributed by atoms with Crippen LogP contribution in [0, 0.1) is 0 Å². The van der Waals surface area contributed by atoms with Crippen molar-refractivity contribution in [1.29, 1.82) is 0 Å². The van der Waals surface area contributed by atoms with Crippen LogP contribution < -0.4 is 5.56 Å². The molecule has 0 saturated carbocycles. The topological polar surface area (TPSA) is 61.2 Å². The fraction of sp³-hybridized carbons (Fsp3) is 0.278. The molecule has 0 saturated heterocycles. The highest BCUT2D eigenvalue weighted by Gasteiger charge is 2.16. The van der Waals surface area contributed by atoms with Crippen molar-refractivity contribution < 1.29 is 9.53 Å². The quantitative estimate of drug-likeness (QED) is 0.628. The van der Waals surface area contributed by atoms with Crippen LogP contribution in [0.25, 0.3) is 21.3 Å². The minimum atomic E-state index is -0.444. The van der Waals surface area contributed by atoms with Gasteiger partial charge in [-0.2, -0.15) is 0 Å². The number of thiophene rings is 1. The van der Waals surface area contributed by atoms with Crippen molar-refractivity contribution in [2.24, 2.45) is 0 Å². The zero-order valence-corrected chi connectivity index (χ0v) is 15.4. The summed E-state index contributed by atoms with van der Waals surface area (Å²) in [4.78, 5) is 29.8. The first-order valence-electron chi connectivity index (χ1n) is 7.91. The Morgan fingerprint density at radius 3 is 2.76 bits per heavy atom. The lowest BCUT2D eigenvalue weighted by Gasteiger charge is -2.11. The Morgan fingerprint density at radius 1 is 1.36 bits per heavy atom. The molecular formula is C18H17ClN2O3S. The summed E-state index contributed by atoms with van der Waals surface area (Å²) < 4.78 is 6.53. The standard InChI is InChI=1S/C18H17ClN2O3S/c1-3-11(2)24-15(22)8-21-10-20-17-16(18(21)23)14(9-25-17)12-4-6-13(19)7-5-12/h4-7,9-11H,3,8H2,1-2H3. The third kappa shape index (κ3) is 3.75. The molecule has 0 fully saturated rings. The summed E-state index contributed by atoms with van der Waals surface area (Å²) in [5.41, 5.74) is 1.42. The van der Waals surface area contributed by atoms with E-state index in [0.29, 0.717) is 15.2 Å². The molecule has 2 aromatic heterocycles. The van der Waals surface area contributed by atoms with Crippen LogP contribution in [-0.2, 0) is 16.1 Å². The monoisotopic (exact) mass is 376 g/mol. The van der Waals surface area contributed by atoms with Crippen LogP contribution in [-0.4, -0.2) is 21.6 Å². The largest absolute Gasteiger partial charge is 0.461 e. The van der Waals surface area contributed by atoms with Crippen molar-refractivity contribution in [1.82, 2.24) is 9.55 Å². The van der Waals surface area contributed by atoms with E-state index in [4.69, 9.17) is 16.3 Å². The van der Waals surface area contributed by atoms with E-state index >= 15 is 0 Å². The van der Waals surface area contributed by atoms with Crippen molar-refractivity contribution in [3.63, 3.8) is 0 Å². The second-order valence-corrected chi connectivity index (χ2v) is 7.02. The van der Waals surface area contributed by atoms with Crippen molar-refractivity contribution in [3.8, 4) is 11.1 Å². The predicted octanol–water partition coefficient (Wildman–Crippen LogP) is 4.12. The predicted molar refractivity (Wildman–Crippen MR) is 100 cm³/mol. The molecule has 2 heterocycles. The Hall–Kier alpha value is -2.18. The maximum atomic E-state index is 12.8. The normalized spacial score (nSPS) is 12.3. The first kappa shape index (κ1) is 17.6. The highest BCUT2D eigenvalue weighted by atomic mass is 35.5. The lowest BCUT2D eigenvalue weighted by atomic mass is 10.1. The number of ether oxygens (including phenoxy) is 1. The van der Waals surface area contributed by atoms with Gasteiger partial charge in [0, 0.05) is 16.0 Å². The minimum absolute atomic E-state index is 0.151. The molecule has 0 aliphatic heterocycles. The molecular weight excluding hydrogens is 360 g/mol. The van der Waals surface area contributed by atoms with Gasteiger partial charge < -0.3 is 4.74 Å². The Balaban J connectivity index is 1.99. The number of carbonyl (C=O) groups is 1. The summed E-state index contributed by atoms with van der Waals surface area (Å²) in [6.45, 7) is 3.60. The lowest BCUT2D eigenvalue weighted by Crippen LogP contribution is -2.27. The molecule has 0 N–H and O–H groups in total. The lowest BCUT2D eigenvalue weighted by molar-refractivity contribution is -0.149. The number of nitrogens with zero attached hydrogens (tertiary/aromatic N) is 2. The highest BCUT2D eigenvalue weighted by Crippen LogP contribution is 2.31. The van der Waals surface area contributed by atoms with Gasteiger partial charge in [-0.3, -0.25) is 14.2 Å². The van der Waals surface area contributed by atoms with Crippen LogP contribution >= 0.6 is 22.9 Å². The molecule has 3 aromatic rings. The van der Waals surface area contributed by atoms with Crippen molar-refractivity contribution >= 4 is 39.1 Å². The molecule has 5 nitrogen and oxygen atoms in total. The van der Waals surface area contributed by atoms with Crippen LogP contribution in [0.1, 0.15) is 20.3 Å². The average molecular weight is 377 g/mol. The summed E-state index contributed by atoms with van der Waals surface area (Å²) >= 11 is 7.33.